The second-order valence-corrected chi connectivity index (χ2v) is 6.43. The number of ether oxygens (including phenoxy) is 1. The number of nitrogens with zero attached hydrogens (tertiary/aromatic N) is 1. The van der Waals surface area contributed by atoms with Crippen LogP contribution in [0.1, 0.15) is 36.4 Å². The molecule has 1 heterocycles. The maximum atomic E-state index is 11.1. The summed E-state index contributed by atoms with van der Waals surface area (Å²) in [6.07, 6.45) is 5.75. The lowest BCUT2D eigenvalue weighted by Crippen LogP contribution is -2.04. The van der Waals surface area contributed by atoms with Crippen molar-refractivity contribution in [3.8, 4) is 0 Å². The molecule has 0 amide bonds. The first-order valence-corrected chi connectivity index (χ1v) is 7.82. The summed E-state index contributed by atoms with van der Waals surface area (Å²) in [6, 6.07) is 0. The monoisotopic (exact) mass is 271 g/mol. The highest BCUT2D eigenvalue weighted by molar-refractivity contribution is 7.99. The van der Waals surface area contributed by atoms with E-state index in [1.54, 1.807) is 11.3 Å². The van der Waals surface area contributed by atoms with Crippen LogP contribution in [0, 0.1) is 0 Å². The molecule has 0 atom stereocenters. The highest BCUT2D eigenvalue weighted by Gasteiger charge is 2.16. The number of carbonyl (C=O) groups excluding carboxylic acids is 1. The molecule has 0 radical (unpaired) electrons. The van der Waals surface area contributed by atoms with E-state index in [9.17, 15) is 4.79 Å². The van der Waals surface area contributed by atoms with Gasteiger partial charge in [-0.05, 0) is 12.8 Å². The Morgan fingerprint density at radius 3 is 3.06 bits per heavy atom. The molecule has 17 heavy (non-hydrogen) atoms. The van der Waals surface area contributed by atoms with Crippen molar-refractivity contribution in [1.82, 2.24) is 4.98 Å². The van der Waals surface area contributed by atoms with Crippen LogP contribution in [0.25, 0.3) is 0 Å². The second kappa shape index (κ2) is 6.40. The zero-order valence-corrected chi connectivity index (χ0v) is 11.6. The van der Waals surface area contributed by atoms with Gasteiger partial charge >= 0.3 is 5.97 Å². The molecule has 5 heteroatoms. The van der Waals surface area contributed by atoms with Crippen LogP contribution in [0.4, 0.5) is 0 Å². The molecule has 2 rings (SSSR count). The standard InChI is InChI=1S/C12H17NO2S2/c1-15-12(14)6-9-7-17-11(13-9)8-16-10-4-2-3-5-10/h7,10H,2-6,8H2,1H3. The van der Waals surface area contributed by atoms with Crippen LogP contribution in [0.15, 0.2) is 5.38 Å². The molecule has 3 nitrogen and oxygen atoms in total. The number of thiazole rings is 1. The smallest absolute Gasteiger partial charge is 0.311 e. The van der Waals surface area contributed by atoms with Crippen LogP contribution in [0.5, 0.6) is 0 Å². The molecule has 0 saturated heterocycles. The molecule has 0 unspecified atom stereocenters. The number of aromatic nitrogens is 1. The van der Waals surface area contributed by atoms with Gasteiger partial charge in [0, 0.05) is 16.4 Å². The van der Waals surface area contributed by atoms with Crippen molar-refractivity contribution >= 4 is 29.1 Å². The lowest BCUT2D eigenvalue weighted by Gasteiger charge is -2.05. The first-order chi connectivity index (χ1) is 8.28. The fraction of sp³-hybridized carbons (Fsp3) is 0.667. The Balaban J connectivity index is 1.79. The molecule has 1 aromatic heterocycles. The van der Waals surface area contributed by atoms with Crippen molar-refractivity contribution in [2.75, 3.05) is 7.11 Å². The zero-order chi connectivity index (χ0) is 12.1. The van der Waals surface area contributed by atoms with Gasteiger partial charge in [0.1, 0.15) is 5.01 Å². The number of thioether (sulfide) groups is 1. The predicted octanol–water partition coefficient (Wildman–Crippen LogP) is 3.03. The number of esters is 1. The summed E-state index contributed by atoms with van der Waals surface area (Å²) in [5, 5.41) is 3.91. The Hall–Kier alpha value is -0.550. The molecule has 1 aliphatic carbocycles. The number of hydrogen-bond acceptors (Lipinski definition) is 5. The van der Waals surface area contributed by atoms with E-state index in [2.05, 4.69) is 9.72 Å². The molecular weight excluding hydrogens is 254 g/mol. The largest absolute Gasteiger partial charge is 0.469 e. The lowest BCUT2D eigenvalue weighted by atomic mass is 10.3. The quantitative estimate of drug-likeness (QED) is 0.772. The van der Waals surface area contributed by atoms with Gasteiger partial charge in [0.15, 0.2) is 0 Å². The summed E-state index contributed by atoms with van der Waals surface area (Å²) in [5.41, 5.74) is 0.837. The van der Waals surface area contributed by atoms with Crippen LogP contribution in [-0.4, -0.2) is 23.3 Å². The minimum atomic E-state index is -0.217. The molecule has 1 fully saturated rings. The number of methoxy groups -OCH3 is 1. The summed E-state index contributed by atoms with van der Waals surface area (Å²) < 4.78 is 4.63. The number of carbonyl (C=O) groups is 1. The van der Waals surface area contributed by atoms with E-state index in [4.69, 9.17) is 0 Å². The van der Waals surface area contributed by atoms with E-state index < -0.39 is 0 Å². The molecule has 1 aromatic rings. The van der Waals surface area contributed by atoms with E-state index in [1.165, 1.54) is 32.8 Å². The first kappa shape index (κ1) is 12.9. The van der Waals surface area contributed by atoms with E-state index in [0.29, 0.717) is 6.42 Å². The van der Waals surface area contributed by atoms with Crippen LogP contribution in [-0.2, 0) is 21.7 Å². The molecule has 0 N–H and O–H groups in total. The maximum absolute atomic E-state index is 11.1. The highest BCUT2D eigenvalue weighted by atomic mass is 32.2. The summed E-state index contributed by atoms with van der Waals surface area (Å²) >= 11 is 3.65. The first-order valence-electron chi connectivity index (χ1n) is 5.89. The van der Waals surface area contributed by atoms with Gasteiger partial charge in [0.2, 0.25) is 0 Å². The zero-order valence-electron chi connectivity index (χ0n) is 9.98. The van der Waals surface area contributed by atoms with Gasteiger partial charge in [-0.1, -0.05) is 12.8 Å². The lowest BCUT2D eigenvalue weighted by molar-refractivity contribution is -0.139. The molecule has 0 aromatic carbocycles. The number of hydrogen-bond donors (Lipinski definition) is 0. The van der Waals surface area contributed by atoms with Crippen LogP contribution >= 0.6 is 23.1 Å². The highest BCUT2D eigenvalue weighted by Crippen LogP contribution is 2.32. The van der Waals surface area contributed by atoms with Gasteiger partial charge in [-0.3, -0.25) is 4.79 Å². The summed E-state index contributed by atoms with van der Waals surface area (Å²) in [6.45, 7) is 0. The maximum Gasteiger partial charge on any atom is 0.311 e. The van der Waals surface area contributed by atoms with E-state index in [0.717, 1.165) is 21.7 Å². The van der Waals surface area contributed by atoms with E-state index in [1.807, 2.05) is 17.1 Å². The van der Waals surface area contributed by atoms with Crippen LogP contribution in [0.2, 0.25) is 0 Å². The molecule has 94 valence electrons. The fourth-order valence-electron chi connectivity index (χ4n) is 1.96. The van der Waals surface area contributed by atoms with Crippen LogP contribution < -0.4 is 0 Å². The van der Waals surface area contributed by atoms with Crippen molar-refractivity contribution in [3.05, 3.63) is 16.1 Å². The van der Waals surface area contributed by atoms with Gasteiger partial charge in [-0.25, -0.2) is 4.98 Å². The van der Waals surface area contributed by atoms with Gasteiger partial charge in [0.25, 0.3) is 0 Å². The van der Waals surface area contributed by atoms with Gasteiger partial charge in [-0.15, -0.1) is 11.3 Å². The van der Waals surface area contributed by atoms with E-state index >= 15 is 0 Å². The van der Waals surface area contributed by atoms with Crippen molar-refractivity contribution in [2.45, 2.75) is 43.1 Å². The molecule has 0 bridgehead atoms. The topological polar surface area (TPSA) is 39.2 Å². The Labute approximate surface area is 110 Å². The number of rotatable bonds is 5. The minimum absolute atomic E-state index is 0.217. The third-order valence-corrected chi connectivity index (χ3v) is 5.36. The Kier molecular flexibility index (Phi) is 4.86. The van der Waals surface area contributed by atoms with Crippen molar-refractivity contribution in [2.24, 2.45) is 0 Å². The molecule has 0 spiro atoms. The molecular formula is C12H17NO2S2. The van der Waals surface area contributed by atoms with Crippen LogP contribution in [0.3, 0.4) is 0 Å². The second-order valence-electron chi connectivity index (χ2n) is 4.20. The van der Waals surface area contributed by atoms with Crippen molar-refractivity contribution in [1.29, 1.82) is 0 Å². The molecule has 1 saturated carbocycles. The predicted molar refractivity (Wildman–Crippen MR) is 71.4 cm³/mol. The third-order valence-electron chi connectivity index (χ3n) is 2.90. The van der Waals surface area contributed by atoms with Gasteiger partial charge in [-0.2, -0.15) is 11.8 Å². The average molecular weight is 271 g/mol. The minimum Gasteiger partial charge on any atom is -0.469 e. The summed E-state index contributed by atoms with van der Waals surface area (Å²) in [7, 11) is 1.41. The van der Waals surface area contributed by atoms with Gasteiger partial charge in [0.05, 0.1) is 19.2 Å². The summed E-state index contributed by atoms with van der Waals surface area (Å²) in [4.78, 5) is 15.6. The van der Waals surface area contributed by atoms with Crippen molar-refractivity contribution in [3.63, 3.8) is 0 Å². The summed E-state index contributed by atoms with van der Waals surface area (Å²) in [5.74, 6) is 0.765. The molecule has 1 aliphatic rings. The normalized spacial score (nSPS) is 16.3. The van der Waals surface area contributed by atoms with E-state index in [-0.39, 0.29) is 5.97 Å². The fourth-order valence-corrected chi connectivity index (χ4v) is 4.12. The Morgan fingerprint density at radius 2 is 2.35 bits per heavy atom. The average Bonchev–Trinajstić information content (AvgIpc) is 2.97. The van der Waals surface area contributed by atoms with Crippen molar-refractivity contribution < 1.29 is 9.53 Å². The molecule has 0 aliphatic heterocycles. The third kappa shape index (κ3) is 4.00. The SMILES string of the molecule is COC(=O)Cc1csc(CSC2CCCC2)n1. The Bertz CT molecular complexity index is 372. The van der Waals surface area contributed by atoms with Gasteiger partial charge < -0.3 is 4.74 Å². The Morgan fingerprint density at radius 1 is 1.59 bits per heavy atom.